The Morgan fingerprint density at radius 3 is 2.77 bits per heavy atom. The van der Waals surface area contributed by atoms with Crippen molar-refractivity contribution in [2.45, 2.75) is 32.8 Å². The summed E-state index contributed by atoms with van der Waals surface area (Å²) < 4.78 is 5.73. The van der Waals surface area contributed by atoms with Crippen LogP contribution in [-0.4, -0.2) is 42.0 Å². The van der Waals surface area contributed by atoms with Crippen LogP contribution in [0.25, 0.3) is 0 Å². The van der Waals surface area contributed by atoms with Crippen molar-refractivity contribution in [1.82, 2.24) is 4.90 Å². The first-order valence-electron chi connectivity index (χ1n) is 7.35. The number of nitrogens with zero attached hydrogens (tertiary/aromatic N) is 1. The molecule has 0 aromatic heterocycles. The lowest BCUT2D eigenvalue weighted by atomic mass is 10.0. The zero-order valence-corrected chi connectivity index (χ0v) is 13.9. The van der Waals surface area contributed by atoms with Crippen molar-refractivity contribution in [2.24, 2.45) is 0 Å². The number of Topliss-reactive ketones (excluding diaryl/α,β-unsaturated/α-hetero) is 1. The Bertz CT molecular complexity index is 591. The molecule has 1 atom stereocenters. The number of benzene rings is 1. The van der Waals surface area contributed by atoms with E-state index in [0.29, 0.717) is 36.0 Å². The number of anilines is 1. The Kier molecular flexibility index (Phi) is 5.08. The number of amides is 2. The molecule has 2 amide bonds. The van der Waals surface area contributed by atoms with Crippen LogP contribution >= 0.6 is 11.6 Å². The lowest BCUT2D eigenvalue weighted by molar-refractivity contribution is -0.0860. The normalized spacial score (nSPS) is 21.5. The molecule has 22 heavy (non-hydrogen) atoms. The highest BCUT2D eigenvalue weighted by Gasteiger charge is 2.32. The summed E-state index contributed by atoms with van der Waals surface area (Å²) in [5.74, 6) is -0.102. The third kappa shape index (κ3) is 3.78. The maximum Gasteiger partial charge on any atom is 0.322 e. The van der Waals surface area contributed by atoms with Crippen molar-refractivity contribution in [1.29, 1.82) is 0 Å². The average Bonchev–Trinajstić information content (AvgIpc) is 2.47. The second-order valence-electron chi connectivity index (χ2n) is 5.75. The lowest BCUT2D eigenvalue weighted by Gasteiger charge is -2.39. The van der Waals surface area contributed by atoms with Gasteiger partial charge in [-0.2, -0.15) is 0 Å². The predicted molar refractivity (Wildman–Crippen MR) is 86.7 cm³/mol. The van der Waals surface area contributed by atoms with Crippen molar-refractivity contribution in [3.05, 3.63) is 28.8 Å². The van der Waals surface area contributed by atoms with Crippen LogP contribution in [0.4, 0.5) is 10.5 Å². The molecule has 6 heteroatoms. The number of nitrogens with one attached hydrogen (secondary N) is 1. The van der Waals surface area contributed by atoms with Gasteiger partial charge in [0.1, 0.15) is 0 Å². The number of hydrogen-bond donors (Lipinski definition) is 1. The smallest absolute Gasteiger partial charge is 0.322 e. The first-order chi connectivity index (χ1) is 10.3. The lowest BCUT2D eigenvalue weighted by Crippen LogP contribution is -2.53. The van der Waals surface area contributed by atoms with Crippen LogP contribution in [0.3, 0.4) is 0 Å². The van der Waals surface area contributed by atoms with E-state index in [-0.39, 0.29) is 17.4 Å². The Labute approximate surface area is 135 Å². The molecule has 1 aromatic carbocycles. The van der Waals surface area contributed by atoms with E-state index < -0.39 is 0 Å². The minimum atomic E-state index is -0.300. The van der Waals surface area contributed by atoms with Crippen molar-refractivity contribution in [3.63, 3.8) is 0 Å². The Morgan fingerprint density at radius 1 is 1.45 bits per heavy atom. The average molecular weight is 325 g/mol. The molecule has 0 bridgehead atoms. The minimum absolute atomic E-state index is 0.102. The van der Waals surface area contributed by atoms with E-state index in [2.05, 4.69) is 5.32 Å². The molecule has 0 radical (unpaired) electrons. The fourth-order valence-corrected chi connectivity index (χ4v) is 2.71. The molecule has 1 heterocycles. The SMILES string of the molecule is CC[C@]1(C)CN(C(=O)Nc2ccc(C(C)=O)c(Cl)c2)CCO1. The summed E-state index contributed by atoms with van der Waals surface area (Å²) in [6.45, 7) is 7.14. The molecule has 1 aromatic rings. The third-order valence-corrected chi connectivity index (χ3v) is 4.28. The van der Waals surface area contributed by atoms with Gasteiger partial charge in [-0.05, 0) is 38.5 Å². The van der Waals surface area contributed by atoms with Crippen molar-refractivity contribution >= 4 is 29.1 Å². The molecular formula is C16H21ClN2O3. The van der Waals surface area contributed by atoms with Crippen molar-refractivity contribution in [2.75, 3.05) is 25.0 Å². The summed E-state index contributed by atoms with van der Waals surface area (Å²) in [4.78, 5) is 25.4. The van der Waals surface area contributed by atoms with Crippen molar-refractivity contribution < 1.29 is 14.3 Å². The summed E-state index contributed by atoms with van der Waals surface area (Å²) in [5, 5.41) is 3.15. The summed E-state index contributed by atoms with van der Waals surface area (Å²) in [6, 6.07) is 4.71. The Balaban J connectivity index is 2.06. The van der Waals surface area contributed by atoms with Gasteiger partial charge in [-0.25, -0.2) is 4.79 Å². The van der Waals surface area contributed by atoms with Gasteiger partial charge in [-0.15, -0.1) is 0 Å². The minimum Gasteiger partial charge on any atom is -0.372 e. The number of carbonyl (C=O) groups is 2. The van der Waals surface area contributed by atoms with Gasteiger partial charge in [0.15, 0.2) is 5.78 Å². The van der Waals surface area contributed by atoms with Gasteiger partial charge in [0.2, 0.25) is 0 Å². The Morgan fingerprint density at radius 2 is 2.18 bits per heavy atom. The predicted octanol–water partition coefficient (Wildman–Crippen LogP) is 3.58. The number of hydrogen-bond acceptors (Lipinski definition) is 3. The number of carbonyl (C=O) groups excluding carboxylic acids is 2. The number of ether oxygens (including phenoxy) is 1. The molecule has 2 rings (SSSR count). The maximum atomic E-state index is 12.4. The number of rotatable bonds is 3. The van der Waals surface area contributed by atoms with E-state index >= 15 is 0 Å². The fourth-order valence-electron chi connectivity index (χ4n) is 2.40. The van der Waals surface area contributed by atoms with E-state index in [1.807, 2.05) is 13.8 Å². The highest BCUT2D eigenvalue weighted by Crippen LogP contribution is 2.24. The first-order valence-corrected chi connectivity index (χ1v) is 7.73. The maximum absolute atomic E-state index is 12.4. The van der Waals surface area contributed by atoms with E-state index in [1.54, 1.807) is 23.1 Å². The third-order valence-electron chi connectivity index (χ3n) is 3.97. The number of ketones is 1. The molecule has 1 N–H and O–H groups in total. The molecule has 120 valence electrons. The van der Waals surface area contributed by atoms with E-state index in [0.717, 1.165) is 6.42 Å². The van der Waals surface area contributed by atoms with Gasteiger partial charge in [0, 0.05) is 17.8 Å². The van der Waals surface area contributed by atoms with Crippen LogP contribution in [0.15, 0.2) is 18.2 Å². The van der Waals surface area contributed by atoms with Crippen LogP contribution in [0.5, 0.6) is 0 Å². The number of urea groups is 1. The van der Waals surface area contributed by atoms with E-state index in [1.165, 1.54) is 6.92 Å². The van der Waals surface area contributed by atoms with Crippen LogP contribution in [-0.2, 0) is 4.74 Å². The topological polar surface area (TPSA) is 58.6 Å². The van der Waals surface area contributed by atoms with Crippen molar-refractivity contribution in [3.8, 4) is 0 Å². The quantitative estimate of drug-likeness (QED) is 0.865. The van der Waals surface area contributed by atoms with Crippen LogP contribution in [0.1, 0.15) is 37.6 Å². The summed E-state index contributed by atoms with van der Waals surface area (Å²) in [5.41, 5.74) is 0.723. The van der Waals surface area contributed by atoms with Gasteiger partial charge < -0.3 is 15.0 Å². The van der Waals surface area contributed by atoms with Gasteiger partial charge in [-0.3, -0.25) is 4.79 Å². The highest BCUT2D eigenvalue weighted by molar-refractivity contribution is 6.34. The largest absolute Gasteiger partial charge is 0.372 e. The van der Waals surface area contributed by atoms with Crippen LogP contribution < -0.4 is 5.32 Å². The van der Waals surface area contributed by atoms with Gasteiger partial charge in [0.05, 0.1) is 23.8 Å². The van der Waals surface area contributed by atoms with Crippen LogP contribution in [0.2, 0.25) is 5.02 Å². The standard InChI is InChI=1S/C16H21ClN2O3/c1-4-16(3)10-19(7-8-22-16)15(21)18-12-5-6-13(11(2)20)14(17)9-12/h5-6,9H,4,7-8,10H2,1-3H3,(H,18,21)/t16-/m1/s1. The molecule has 1 saturated heterocycles. The second kappa shape index (κ2) is 6.67. The zero-order chi connectivity index (χ0) is 16.3. The fraction of sp³-hybridized carbons (Fsp3) is 0.500. The molecule has 0 spiro atoms. The summed E-state index contributed by atoms with van der Waals surface area (Å²) >= 11 is 6.06. The summed E-state index contributed by atoms with van der Waals surface area (Å²) in [7, 11) is 0. The number of morpholine rings is 1. The zero-order valence-electron chi connectivity index (χ0n) is 13.1. The van der Waals surface area contributed by atoms with Crippen LogP contribution in [0, 0.1) is 0 Å². The molecule has 5 nitrogen and oxygen atoms in total. The number of halogens is 1. The molecule has 0 aliphatic carbocycles. The molecule has 1 aliphatic heterocycles. The monoisotopic (exact) mass is 324 g/mol. The molecule has 1 aliphatic rings. The molecule has 0 unspecified atom stereocenters. The molecule has 0 saturated carbocycles. The second-order valence-corrected chi connectivity index (χ2v) is 6.16. The molecule has 1 fully saturated rings. The van der Waals surface area contributed by atoms with Gasteiger partial charge in [0.25, 0.3) is 0 Å². The Hall–Kier alpha value is -1.59. The van der Waals surface area contributed by atoms with E-state index in [4.69, 9.17) is 16.3 Å². The highest BCUT2D eigenvalue weighted by atomic mass is 35.5. The molecular weight excluding hydrogens is 304 g/mol. The summed E-state index contributed by atoms with van der Waals surface area (Å²) in [6.07, 6.45) is 0.843. The van der Waals surface area contributed by atoms with Gasteiger partial charge in [-0.1, -0.05) is 18.5 Å². The van der Waals surface area contributed by atoms with Gasteiger partial charge >= 0.3 is 6.03 Å². The van der Waals surface area contributed by atoms with E-state index in [9.17, 15) is 9.59 Å². The first kappa shape index (κ1) is 16.8.